The fraction of sp³-hybridized carbons (Fsp3) is 0.800. The van der Waals surface area contributed by atoms with Gasteiger partial charge in [0.2, 0.25) is 12.2 Å². The van der Waals surface area contributed by atoms with Crippen molar-refractivity contribution in [3.05, 3.63) is 0 Å². The normalized spacial score (nSPS) is 11.3. The van der Waals surface area contributed by atoms with Crippen molar-refractivity contribution in [2.24, 2.45) is 9.98 Å². The van der Waals surface area contributed by atoms with E-state index >= 15 is 0 Å². The van der Waals surface area contributed by atoms with Crippen molar-refractivity contribution in [2.45, 2.75) is 38.3 Å². The molecular formula is C10H15FN2O2. The van der Waals surface area contributed by atoms with Crippen LogP contribution in [0.3, 0.4) is 0 Å². The molecule has 0 aliphatic carbocycles. The van der Waals surface area contributed by atoms with E-state index in [-0.39, 0.29) is 0 Å². The average molecular weight is 214 g/mol. The van der Waals surface area contributed by atoms with E-state index in [0.29, 0.717) is 45.2 Å². The van der Waals surface area contributed by atoms with Crippen LogP contribution in [-0.4, -0.2) is 31.4 Å². The summed E-state index contributed by atoms with van der Waals surface area (Å²) in [6, 6.07) is 0. The molecule has 15 heavy (non-hydrogen) atoms. The van der Waals surface area contributed by atoms with Crippen LogP contribution >= 0.6 is 0 Å². The number of rotatable bonds is 9. The summed E-state index contributed by atoms with van der Waals surface area (Å²) in [7, 11) is 0. The fourth-order valence-electron chi connectivity index (χ4n) is 1.18. The Kier molecular flexibility index (Phi) is 9.83. The van der Waals surface area contributed by atoms with Gasteiger partial charge in [0, 0.05) is 0 Å². The van der Waals surface area contributed by atoms with Gasteiger partial charge in [-0.05, 0) is 32.1 Å². The number of isocyanates is 2. The summed E-state index contributed by atoms with van der Waals surface area (Å²) in [6.07, 6.45) is 4.88. The average Bonchev–Trinajstić information content (AvgIpc) is 2.24. The van der Waals surface area contributed by atoms with E-state index in [1.165, 1.54) is 12.2 Å². The van der Waals surface area contributed by atoms with Gasteiger partial charge in [-0.15, -0.1) is 0 Å². The summed E-state index contributed by atoms with van der Waals surface area (Å²) in [5, 5.41) is 0. The molecule has 0 aromatic rings. The maximum absolute atomic E-state index is 13.1. The lowest BCUT2D eigenvalue weighted by molar-refractivity contribution is 0.285. The smallest absolute Gasteiger partial charge is 0.234 e. The van der Waals surface area contributed by atoms with Crippen LogP contribution in [0.25, 0.3) is 0 Å². The zero-order valence-corrected chi connectivity index (χ0v) is 8.62. The molecule has 1 unspecified atom stereocenters. The van der Waals surface area contributed by atoms with Gasteiger partial charge >= 0.3 is 0 Å². The van der Waals surface area contributed by atoms with E-state index in [4.69, 9.17) is 0 Å². The van der Waals surface area contributed by atoms with Crippen LogP contribution in [-0.2, 0) is 9.59 Å². The number of alkyl halides is 1. The van der Waals surface area contributed by atoms with Crippen LogP contribution < -0.4 is 0 Å². The van der Waals surface area contributed by atoms with Gasteiger partial charge < -0.3 is 0 Å². The van der Waals surface area contributed by atoms with Crippen molar-refractivity contribution in [2.75, 3.05) is 13.1 Å². The highest BCUT2D eigenvalue weighted by molar-refractivity contribution is 5.32. The largest absolute Gasteiger partial charge is 0.247 e. The highest BCUT2D eigenvalue weighted by Crippen LogP contribution is 2.10. The van der Waals surface area contributed by atoms with Crippen molar-refractivity contribution in [3.63, 3.8) is 0 Å². The Morgan fingerprint density at radius 2 is 1.47 bits per heavy atom. The molecule has 0 aliphatic rings. The summed E-state index contributed by atoms with van der Waals surface area (Å²) in [5.41, 5.74) is 0. The maximum Gasteiger partial charge on any atom is 0.234 e. The third kappa shape index (κ3) is 10.6. The molecule has 0 saturated heterocycles. The molecule has 0 saturated carbocycles. The standard InChI is InChI=1S/C10H15FN2O2/c11-10(5-3-7-13-9-15)4-1-2-6-12-8-14/h10H,1-7H2. The molecule has 4 nitrogen and oxygen atoms in total. The van der Waals surface area contributed by atoms with Gasteiger partial charge in [-0.1, -0.05) is 0 Å². The molecular weight excluding hydrogens is 199 g/mol. The molecule has 0 rings (SSSR count). The number of aliphatic imine (C=N–C) groups is 2. The first kappa shape index (κ1) is 13.7. The van der Waals surface area contributed by atoms with E-state index in [1.807, 2.05) is 0 Å². The number of hydrogen-bond donors (Lipinski definition) is 0. The molecule has 0 aromatic carbocycles. The predicted molar refractivity (Wildman–Crippen MR) is 54.0 cm³/mol. The molecule has 0 spiro atoms. The Hall–Kier alpha value is -1.31. The minimum Gasteiger partial charge on any atom is -0.247 e. The molecule has 0 amide bonds. The van der Waals surface area contributed by atoms with Crippen LogP contribution in [0.5, 0.6) is 0 Å². The second-order valence-electron chi connectivity index (χ2n) is 3.18. The van der Waals surface area contributed by atoms with Crippen LogP contribution in [0.2, 0.25) is 0 Å². The van der Waals surface area contributed by atoms with E-state index < -0.39 is 6.17 Å². The monoisotopic (exact) mass is 214 g/mol. The van der Waals surface area contributed by atoms with Crippen LogP contribution in [0.15, 0.2) is 9.98 Å². The van der Waals surface area contributed by atoms with Gasteiger partial charge in [0.25, 0.3) is 0 Å². The Bertz CT molecular complexity index is 246. The molecule has 0 aromatic heterocycles. The molecule has 0 aliphatic heterocycles. The molecule has 5 heteroatoms. The Morgan fingerprint density at radius 1 is 0.933 bits per heavy atom. The molecule has 0 heterocycles. The van der Waals surface area contributed by atoms with Gasteiger partial charge in [-0.25, -0.2) is 24.0 Å². The second kappa shape index (κ2) is 10.8. The topological polar surface area (TPSA) is 58.9 Å². The molecule has 0 N–H and O–H groups in total. The summed E-state index contributed by atoms with van der Waals surface area (Å²) in [6.45, 7) is 0.769. The quantitative estimate of drug-likeness (QED) is 0.334. The molecule has 0 fully saturated rings. The van der Waals surface area contributed by atoms with Crippen LogP contribution in [0, 0.1) is 0 Å². The highest BCUT2D eigenvalue weighted by Gasteiger charge is 2.04. The molecule has 0 radical (unpaired) electrons. The van der Waals surface area contributed by atoms with Crippen molar-refractivity contribution in [1.82, 2.24) is 0 Å². The summed E-state index contributed by atoms with van der Waals surface area (Å²) in [5.74, 6) is 0. The molecule has 84 valence electrons. The number of nitrogens with zero attached hydrogens (tertiary/aromatic N) is 2. The number of carbonyl (C=O) groups excluding carboxylic acids is 2. The van der Waals surface area contributed by atoms with Gasteiger partial charge in [0.15, 0.2) is 0 Å². The van der Waals surface area contributed by atoms with Crippen molar-refractivity contribution in [1.29, 1.82) is 0 Å². The third-order valence-corrected chi connectivity index (χ3v) is 1.95. The number of hydrogen-bond acceptors (Lipinski definition) is 4. The minimum absolute atomic E-state index is 0.347. The number of unbranched alkanes of at least 4 members (excludes halogenated alkanes) is 1. The number of halogens is 1. The first-order valence-corrected chi connectivity index (χ1v) is 5.02. The maximum atomic E-state index is 13.1. The summed E-state index contributed by atoms with van der Waals surface area (Å²) < 4.78 is 13.1. The lowest BCUT2D eigenvalue weighted by atomic mass is 10.1. The lowest BCUT2D eigenvalue weighted by Gasteiger charge is -2.05. The fourth-order valence-corrected chi connectivity index (χ4v) is 1.18. The first-order chi connectivity index (χ1) is 7.31. The van der Waals surface area contributed by atoms with E-state index in [0.717, 1.165) is 0 Å². The predicted octanol–water partition coefficient (Wildman–Crippen LogP) is 1.95. The zero-order valence-electron chi connectivity index (χ0n) is 8.62. The Balaban J connectivity index is 3.28. The summed E-state index contributed by atoms with van der Waals surface area (Å²) >= 11 is 0. The van der Waals surface area contributed by atoms with Gasteiger partial charge in [0.1, 0.15) is 6.17 Å². The van der Waals surface area contributed by atoms with Crippen LogP contribution in [0.4, 0.5) is 4.39 Å². The summed E-state index contributed by atoms with van der Waals surface area (Å²) in [4.78, 5) is 26.1. The Labute approximate surface area is 88.3 Å². The first-order valence-electron chi connectivity index (χ1n) is 5.02. The van der Waals surface area contributed by atoms with E-state index in [9.17, 15) is 14.0 Å². The SMILES string of the molecule is O=C=NCCCCC(F)CCCN=C=O. The van der Waals surface area contributed by atoms with Gasteiger partial charge in [0.05, 0.1) is 13.1 Å². The van der Waals surface area contributed by atoms with Gasteiger partial charge in [-0.2, -0.15) is 0 Å². The van der Waals surface area contributed by atoms with Crippen molar-refractivity contribution in [3.8, 4) is 0 Å². The second-order valence-corrected chi connectivity index (χ2v) is 3.18. The molecule has 1 atom stereocenters. The van der Waals surface area contributed by atoms with Gasteiger partial charge in [-0.3, -0.25) is 0 Å². The zero-order chi connectivity index (χ0) is 11.4. The van der Waals surface area contributed by atoms with E-state index in [2.05, 4.69) is 9.98 Å². The van der Waals surface area contributed by atoms with E-state index in [1.54, 1.807) is 0 Å². The van der Waals surface area contributed by atoms with Crippen molar-refractivity contribution < 1.29 is 14.0 Å². The third-order valence-electron chi connectivity index (χ3n) is 1.95. The van der Waals surface area contributed by atoms with Crippen molar-refractivity contribution >= 4 is 12.2 Å². The van der Waals surface area contributed by atoms with Crippen LogP contribution in [0.1, 0.15) is 32.1 Å². The Morgan fingerprint density at radius 3 is 2.07 bits per heavy atom. The lowest BCUT2D eigenvalue weighted by Crippen LogP contribution is -2.01. The minimum atomic E-state index is -0.855. The molecule has 0 bridgehead atoms. The highest BCUT2D eigenvalue weighted by atomic mass is 19.1.